The van der Waals surface area contributed by atoms with E-state index in [2.05, 4.69) is 10.3 Å². The van der Waals surface area contributed by atoms with Crippen molar-refractivity contribution < 1.29 is 5.11 Å². The number of rotatable bonds is 5. The lowest BCUT2D eigenvalue weighted by atomic mass is 10.2. The molecule has 5 nitrogen and oxygen atoms in total. The molecule has 0 heterocycles. The molecule has 0 aromatic carbocycles. The van der Waals surface area contributed by atoms with E-state index in [-0.39, 0.29) is 25.1 Å². The highest BCUT2D eigenvalue weighted by molar-refractivity contribution is 5.85. The monoisotopic (exact) mass is 210 g/mol. The van der Waals surface area contributed by atoms with Crippen molar-refractivity contribution in [2.45, 2.75) is 18.9 Å². The van der Waals surface area contributed by atoms with Crippen LogP contribution in [0.4, 0.5) is 0 Å². The van der Waals surface area contributed by atoms with Gasteiger partial charge in [0.05, 0.1) is 6.61 Å². The van der Waals surface area contributed by atoms with Gasteiger partial charge >= 0.3 is 0 Å². The van der Waals surface area contributed by atoms with Crippen LogP contribution in [0.2, 0.25) is 0 Å². The zero-order valence-corrected chi connectivity index (χ0v) is 8.68. The fourth-order valence-electron chi connectivity index (χ4n) is 0.751. The molecule has 0 aliphatic rings. The number of guanidine groups is 1. The number of nitrogens with two attached hydrogens (primary N) is 2. The van der Waals surface area contributed by atoms with Crippen molar-refractivity contribution in [1.82, 2.24) is 5.32 Å². The van der Waals surface area contributed by atoms with Crippen LogP contribution in [0.25, 0.3) is 0 Å². The van der Waals surface area contributed by atoms with Gasteiger partial charge in [-0.2, -0.15) is 0 Å². The van der Waals surface area contributed by atoms with E-state index in [9.17, 15) is 0 Å². The van der Waals surface area contributed by atoms with Gasteiger partial charge in [-0.05, 0) is 12.8 Å². The number of halogens is 1. The third-order valence-corrected chi connectivity index (χ3v) is 1.53. The first-order valence-corrected chi connectivity index (χ1v) is 4.03. The van der Waals surface area contributed by atoms with Gasteiger partial charge in [0.25, 0.3) is 0 Å². The van der Waals surface area contributed by atoms with Gasteiger partial charge < -0.3 is 21.9 Å². The topological polar surface area (TPSA) is 96.7 Å². The first kappa shape index (κ1) is 15.0. The Morgan fingerprint density at radius 1 is 1.62 bits per heavy atom. The Morgan fingerprint density at radius 3 is 2.69 bits per heavy atom. The molecule has 6 heteroatoms. The molecular weight excluding hydrogens is 192 g/mol. The SMILES string of the molecule is CN=C(N)NCCCC(N)CO.Cl. The number of nitrogens with one attached hydrogen (secondary N) is 1. The van der Waals surface area contributed by atoms with E-state index in [1.54, 1.807) is 7.05 Å². The van der Waals surface area contributed by atoms with Crippen molar-refractivity contribution in [3.8, 4) is 0 Å². The fraction of sp³-hybridized carbons (Fsp3) is 0.857. The Kier molecular flexibility index (Phi) is 11.0. The number of aliphatic hydroxyl groups is 1. The van der Waals surface area contributed by atoms with Crippen LogP contribution in [-0.4, -0.2) is 37.3 Å². The van der Waals surface area contributed by atoms with Crippen LogP contribution in [-0.2, 0) is 0 Å². The van der Waals surface area contributed by atoms with E-state index in [1.165, 1.54) is 0 Å². The largest absolute Gasteiger partial charge is 0.395 e. The van der Waals surface area contributed by atoms with Crippen molar-refractivity contribution in [3.05, 3.63) is 0 Å². The lowest BCUT2D eigenvalue weighted by Gasteiger charge is -2.08. The van der Waals surface area contributed by atoms with E-state index >= 15 is 0 Å². The molecule has 0 radical (unpaired) electrons. The van der Waals surface area contributed by atoms with Crippen LogP contribution in [0.15, 0.2) is 4.99 Å². The minimum atomic E-state index is -0.119. The van der Waals surface area contributed by atoms with Gasteiger partial charge in [-0.15, -0.1) is 12.4 Å². The van der Waals surface area contributed by atoms with Gasteiger partial charge in [0.2, 0.25) is 0 Å². The number of hydrogen-bond acceptors (Lipinski definition) is 3. The molecule has 0 saturated heterocycles. The molecule has 13 heavy (non-hydrogen) atoms. The molecule has 0 aliphatic carbocycles. The summed E-state index contributed by atoms with van der Waals surface area (Å²) in [5, 5.41) is 11.5. The molecule has 0 aromatic rings. The summed E-state index contributed by atoms with van der Waals surface area (Å²) < 4.78 is 0. The third-order valence-electron chi connectivity index (χ3n) is 1.53. The zero-order valence-electron chi connectivity index (χ0n) is 7.86. The maximum absolute atomic E-state index is 8.60. The molecule has 0 aliphatic heterocycles. The zero-order chi connectivity index (χ0) is 9.40. The van der Waals surface area contributed by atoms with Crippen LogP contribution in [0, 0.1) is 0 Å². The van der Waals surface area contributed by atoms with Crippen molar-refractivity contribution in [3.63, 3.8) is 0 Å². The number of aliphatic imine (C=N–C) groups is 1. The summed E-state index contributed by atoms with van der Waals surface area (Å²) in [7, 11) is 1.63. The average Bonchev–Trinajstić information content (AvgIpc) is 2.11. The van der Waals surface area contributed by atoms with Crippen molar-refractivity contribution >= 4 is 18.4 Å². The van der Waals surface area contributed by atoms with E-state index in [4.69, 9.17) is 16.6 Å². The Morgan fingerprint density at radius 2 is 2.23 bits per heavy atom. The normalized spacial score (nSPS) is 13.3. The summed E-state index contributed by atoms with van der Waals surface area (Å²) >= 11 is 0. The van der Waals surface area contributed by atoms with Crippen molar-refractivity contribution in [1.29, 1.82) is 0 Å². The maximum Gasteiger partial charge on any atom is 0.188 e. The third kappa shape index (κ3) is 9.39. The van der Waals surface area contributed by atoms with E-state index in [1.807, 2.05) is 0 Å². The smallest absolute Gasteiger partial charge is 0.188 e. The molecule has 1 unspecified atom stereocenters. The molecule has 0 amide bonds. The van der Waals surface area contributed by atoms with Gasteiger partial charge in [-0.25, -0.2) is 0 Å². The highest BCUT2D eigenvalue weighted by Crippen LogP contribution is 1.90. The Balaban J connectivity index is 0. The second kappa shape index (κ2) is 9.57. The number of aliphatic hydroxyl groups excluding tert-OH is 1. The highest BCUT2D eigenvalue weighted by atomic mass is 35.5. The summed E-state index contributed by atoms with van der Waals surface area (Å²) in [5.74, 6) is 0.438. The minimum Gasteiger partial charge on any atom is -0.395 e. The van der Waals surface area contributed by atoms with Gasteiger partial charge in [0, 0.05) is 19.6 Å². The fourth-order valence-corrected chi connectivity index (χ4v) is 0.751. The minimum absolute atomic E-state index is 0. The van der Waals surface area contributed by atoms with Crippen LogP contribution in [0.3, 0.4) is 0 Å². The summed E-state index contributed by atoms with van der Waals surface area (Å²) in [4.78, 5) is 3.73. The molecule has 0 bridgehead atoms. The first-order valence-electron chi connectivity index (χ1n) is 4.03. The molecule has 0 aromatic heterocycles. The molecule has 6 N–H and O–H groups in total. The average molecular weight is 211 g/mol. The van der Waals surface area contributed by atoms with Gasteiger partial charge in [-0.3, -0.25) is 4.99 Å². The predicted octanol–water partition coefficient (Wildman–Crippen LogP) is -0.958. The Hall–Kier alpha value is -0.520. The van der Waals surface area contributed by atoms with Gasteiger partial charge in [0.1, 0.15) is 0 Å². The van der Waals surface area contributed by atoms with Crippen molar-refractivity contribution in [2.24, 2.45) is 16.5 Å². The highest BCUT2D eigenvalue weighted by Gasteiger charge is 1.98. The number of nitrogens with zero attached hydrogens (tertiary/aromatic N) is 1. The lowest BCUT2D eigenvalue weighted by Crippen LogP contribution is -2.33. The summed E-state index contributed by atoms with van der Waals surface area (Å²) in [6, 6.07) is -0.119. The van der Waals surface area contributed by atoms with Gasteiger partial charge in [0.15, 0.2) is 5.96 Å². The molecule has 0 fully saturated rings. The second-order valence-corrected chi connectivity index (χ2v) is 2.62. The van der Waals surface area contributed by atoms with Crippen LogP contribution >= 0.6 is 12.4 Å². The summed E-state index contributed by atoms with van der Waals surface area (Å²) in [5.41, 5.74) is 10.9. The van der Waals surface area contributed by atoms with Crippen LogP contribution < -0.4 is 16.8 Å². The van der Waals surface area contributed by atoms with E-state index < -0.39 is 0 Å². The quantitative estimate of drug-likeness (QED) is 0.267. The Bertz CT molecular complexity index is 142. The summed E-state index contributed by atoms with van der Waals surface area (Å²) in [6.45, 7) is 0.786. The lowest BCUT2D eigenvalue weighted by molar-refractivity contribution is 0.258. The predicted molar refractivity (Wildman–Crippen MR) is 57.1 cm³/mol. The second-order valence-electron chi connectivity index (χ2n) is 2.62. The molecule has 0 saturated carbocycles. The standard InChI is InChI=1S/C7H18N4O.ClH/c1-10-7(9)11-4-2-3-6(8)5-12;/h6,12H,2-5,8H2,1H3,(H3,9,10,11);1H. The Labute approximate surface area is 85.0 Å². The van der Waals surface area contributed by atoms with Crippen molar-refractivity contribution in [2.75, 3.05) is 20.2 Å². The van der Waals surface area contributed by atoms with E-state index in [0.29, 0.717) is 5.96 Å². The van der Waals surface area contributed by atoms with E-state index in [0.717, 1.165) is 19.4 Å². The molecule has 0 rings (SSSR count). The maximum atomic E-state index is 8.60. The van der Waals surface area contributed by atoms with Gasteiger partial charge in [-0.1, -0.05) is 0 Å². The molecule has 80 valence electrons. The van der Waals surface area contributed by atoms with Crippen LogP contribution in [0.5, 0.6) is 0 Å². The first-order chi connectivity index (χ1) is 5.70. The molecule has 0 spiro atoms. The van der Waals surface area contributed by atoms with Crippen LogP contribution in [0.1, 0.15) is 12.8 Å². The number of hydrogen-bond donors (Lipinski definition) is 4. The summed E-state index contributed by atoms with van der Waals surface area (Å²) in [6.07, 6.45) is 1.68. The molecule has 1 atom stereocenters. The molecular formula is C7H19ClN4O.